The molecule has 7 heteroatoms. The summed E-state index contributed by atoms with van der Waals surface area (Å²) >= 11 is 1.35. The van der Waals surface area contributed by atoms with Crippen molar-refractivity contribution < 1.29 is 4.79 Å². The van der Waals surface area contributed by atoms with Crippen LogP contribution in [-0.4, -0.2) is 52.4 Å². The summed E-state index contributed by atoms with van der Waals surface area (Å²) in [7, 11) is 3.86. The molecular weight excluding hydrogens is 336 g/mol. The molecule has 6 nitrogen and oxygen atoms in total. The van der Waals surface area contributed by atoms with Crippen molar-refractivity contribution in [1.82, 2.24) is 19.8 Å². The molecular formula is C18H26N4O2S. The number of aryl methyl sites for hydroxylation is 1. The van der Waals surface area contributed by atoms with Gasteiger partial charge in [0.05, 0.1) is 16.8 Å². The number of nitrogens with one attached hydrogen (secondary N) is 1. The summed E-state index contributed by atoms with van der Waals surface area (Å²) in [5.74, 6) is 0.688. The molecule has 2 aromatic rings. The van der Waals surface area contributed by atoms with Crippen LogP contribution in [-0.2, 0) is 6.54 Å². The zero-order valence-electron chi connectivity index (χ0n) is 15.4. The molecule has 1 amide bonds. The van der Waals surface area contributed by atoms with Crippen LogP contribution in [0.25, 0.3) is 10.2 Å². The van der Waals surface area contributed by atoms with Crippen LogP contribution < -0.4 is 5.56 Å². The van der Waals surface area contributed by atoms with Crippen molar-refractivity contribution in [2.45, 2.75) is 52.1 Å². The van der Waals surface area contributed by atoms with Gasteiger partial charge in [-0.2, -0.15) is 0 Å². The maximum atomic E-state index is 13.1. The van der Waals surface area contributed by atoms with Crippen LogP contribution >= 0.6 is 11.3 Å². The van der Waals surface area contributed by atoms with Gasteiger partial charge < -0.3 is 14.8 Å². The summed E-state index contributed by atoms with van der Waals surface area (Å²) < 4.78 is 0. The molecule has 1 aliphatic heterocycles. The van der Waals surface area contributed by atoms with Crippen molar-refractivity contribution >= 4 is 27.5 Å². The summed E-state index contributed by atoms with van der Waals surface area (Å²) in [5.41, 5.74) is 0.607. The maximum Gasteiger partial charge on any atom is 0.264 e. The zero-order chi connectivity index (χ0) is 18.1. The molecule has 1 aliphatic rings. The van der Waals surface area contributed by atoms with E-state index < -0.39 is 0 Å². The number of carbonyl (C=O) groups excluding carboxylic acids is 1. The van der Waals surface area contributed by atoms with E-state index in [1.54, 1.807) is 0 Å². The molecule has 1 atom stereocenters. The van der Waals surface area contributed by atoms with Gasteiger partial charge in [0.25, 0.3) is 11.5 Å². The van der Waals surface area contributed by atoms with Crippen molar-refractivity contribution in [3.05, 3.63) is 26.6 Å². The number of rotatable bonds is 4. The normalized spacial score (nSPS) is 18.3. The van der Waals surface area contributed by atoms with Crippen LogP contribution in [0, 0.1) is 6.92 Å². The minimum absolute atomic E-state index is 0.0561. The number of nitrogens with zero attached hydrogens (tertiary/aromatic N) is 3. The molecule has 136 valence electrons. The number of thiophene rings is 1. The molecule has 0 aliphatic carbocycles. The first kappa shape index (κ1) is 18.1. The monoisotopic (exact) mass is 362 g/mol. The van der Waals surface area contributed by atoms with Gasteiger partial charge in [-0.05, 0) is 52.3 Å². The van der Waals surface area contributed by atoms with Gasteiger partial charge in [0.15, 0.2) is 0 Å². The predicted octanol–water partition coefficient (Wildman–Crippen LogP) is 2.76. The van der Waals surface area contributed by atoms with E-state index in [4.69, 9.17) is 0 Å². The Morgan fingerprint density at radius 2 is 2.16 bits per heavy atom. The average molecular weight is 362 g/mol. The number of likely N-dealkylation sites (tertiary alicyclic amines) is 1. The standard InChI is InChI=1S/C18H26N4O2S/c1-5-12-8-6-7-9-22(12)18(24)15-11(2)14-16(23)19-13(10-21(3)4)20-17(14)25-15/h12H,5-10H2,1-4H3,(H,19,20,23). The maximum absolute atomic E-state index is 13.1. The lowest BCUT2D eigenvalue weighted by Crippen LogP contribution is -2.43. The molecule has 1 N–H and O–H groups in total. The summed E-state index contributed by atoms with van der Waals surface area (Å²) in [6, 6.07) is 0.307. The van der Waals surface area contributed by atoms with Gasteiger partial charge >= 0.3 is 0 Å². The first-order chi connectivity index (χ1) is 11.9. The number of aromatic amines is 1. The van der Waals surface area contributed by atoms with Crippen molar-refractivity contribution in [1.29, 1.82) is 0 Å². The van der Waals surface area contributed by atoms with Crippen molar-refractivity contribution in [3.63, 3.8) is 0 Å². The molecule has 1 saturated heterocycles. The van der Waals surface area contributed by atoms with E-state index in [2.05, 4.69) is 16.9 Å². The third kappa shape index (κ3) is 3.48. The average Bonchev–Trinajstić information content (AvgIpc) is 2.90. The number of hydrogen-bond acceptors (Lipinski definition) is 5. The number of amides is 1. The number of piperidine rings is 1. The molecule has 1 fully saturated rings. The Labute approximate surface area is 151 Å². The Hall–Kier alpha value is -1.73. The molecule has 0 aromatic carbocycles. The van der Waals surface area contributed by atoms with E-state index in [1.165, 1.54) is 17.8 Å². The number of hydrogen-bond donors (Lipinski definition) is 1. The van der Waals surface area contributed by atoms with E-state index >= 15 is 0 Å². The van der Waals surface area contributed by atoms with Crippen LogP contribution in [0.5, 0.6) is 0 Å². The number of aromatic nitrogens is 2. The molecule has 3 heterocycles. The molecule has 1 unspecified atom stereocenters. The zero-order valence-corrected chi connectivity index (χ0v) is 16.2. The van der Waals surface area contributed by atoms with Gasteiger partial charge in [-0.25, -0.2) is 4.98 Å². The third-order valence-corrected chi connectivity index (χ3v) is 6.04. The van der Waals surface area contributed by atoms with Crippen molar-refractivity contribution in [2.75, 3.05) is 20.6 Å². The summed E-state index contributed by atoms with van der Waals surface area (Å²) in [4.78, 5) is 38.3. The first-order valence-corrected chi connectivity index (χ1v) is 9.72. The minimum Gasteiger partial charge on any atom is -0.335 e. The number of H-pyrrole nitrogens is 1. The highest BCUT2D eigenvalue weighted by Crippen LogP contribution is 2.30. The van der Waals surface area contributed by atoms with Gasteiger partial charge in [-0.3, -0.25) is 9.59 Å². The minimum atomic E-state index is -0.152. The Morgan fingerprint density at radius 1 is 1.40 bits per heavy atom. The lowest BCUT2D eigenvalue weighted by Gasteiger charge is -2.35. The fourth-order valence-corrected chi connectivity index (χ4v) is 4.75. The lowest BCUT2D eigenvalue weighted by atomic mass is 9.99. The van der Waals surface area contributed by atoms with E-state index in [0.29, 0.717) is 33.5 Å². The highest BCUT2D eigenvalue weighted by molar-refractivity contribution is 7.20. The van der Waals surface area contributed by atoms with Gasteiger partial charge in [-0.1, -0.05) is 6.92 Å². The Morgan fingerprint density at radius 3 is 2.84 bits per heavy atom. The molecule has 0 radical (unpaired) electrons. The highest BCUT2D eigenvalue weighted by atomic mass is 32.1. The largest absolute Gasteiger partial charge is 0.335 e. The van der Waals surface area contributed by atoms with Crippen LogP contribution in [0.1, 0.15) is 53.7 Å². The fourth-order valence-electron chi connectivity index (χ4n) is 3.59. The molecule has 0 bridgehead atoms. The van der Waals surface area contributed by atoms with Crippen LogP contribution in [0.4, 0.5) is 0 Å². The van der Waals surface area contributed by atoms with Gasteiger partial charge in [0, 0.05) is 12.6 Å². The van der Waals surface area contributed by atoms with Crippen LogP contribution in [0.2, 0.25) is 0 Å². The quantitative estimate of drug-likeness (QED) is 0.908. The highest BCUT2D eigenvalue weighted by Gasteiger charge is 2.29. The van der Waals surface area contributed by atoms with Crippen LogP contribution in [0.3, 0.4) is 0 Å². The molecule has 2 aromatic heterocycles. The van der Waals surface area contributed by atoms with E-state index in [-0.39, 0.29) is 11.5 Å². The first-order valence-electron chi connectivity index (χ1n) is 8.90. The van der Waals surface area contributed by atoms with Crippen molar-refractivity contribution in [2.24, 2.45) is 0 Å². The lowest BCUT2D eigenvalue weighted by molar-refractivity contribution is 0.0612. The summed E-state index contributed by atoms with van der Waals surface area (Å²) in [6.07, 6.45) is 4.28. The Bertz CT molecular complexity index is 839. The Balaban J connectivity index is 2.02. The second-order valence-electron chi connectivity index (χ2n) is 7.04. The second-order valence-corrected chi connectivity index (χ2v) is 8.04. The molecule has 3 rings (SSSR count). The molecule has 0 saturated carbocycles. The summed E-state index contributed by atoms with van der Waals surface area (Å²) in [5, 5.41) is 0.556. The fraction of sp³-hybridized carbons (Fsp3) is 0.611. The number of fused-ring (bicyclic) bond motifs is 1. The SMILES string of the molecule is CCC1CCCCN1C(=O)c1sc2nc(CN(C)C)[nH]c(=O)c2c1C. The topological polar surface area (TPSA) is 69.3 Å². The van der Waals surface area contributed by atoms with Crippen molar-refractivity contribution in [3.8, 4) is 0 Å². The Kier molecular flexibility index (Phi) is 5.24. The van der Waals surface area contributed by atoms with Crippen LogP contribution in [0.15, 0.2) is 4.79 Å². The van der Waals surface area contributed by atoms with E-state index in [0.717, 1.165) is 31.4 Å². The van der Waals surface area contributed by atoms with E-state index in [9.17, 15) is 9.59 Å². The van der Waals surface area contributed by atoms with E-state index in [1.807, 2.05) is 30.8 Å². The van der Waals surface area contributed by atoms with Gasteiger partial charge in [-0.15, -0.1) is 11.3 Å². The third-order valence-electron chi connectivity index (χ3n) is 4.87. The summed E-state index contributed by atoms with van der Waals surface area (Å²) in [6.45, 7) is 5.36. The van der Waals surface area contributed by atoms with Gasteiger partial charge in [0.1, 0.15) is 10.7 Å². The molecule has 25 heavy (non-hydrogen) atoms. The van der Waals surface area contributed by atoms with Gasteiger partial charge in [0.2, 0.25) is 0 Å². The smallest absolute Gasteiger partial charge is 0.264 e. The number of carbonyl (C=O) groups is 1. The predicted molar refractivity (Wildman–Crippen MR) is 101 cm³/mol. The molecule has 0 spiro atoms. The second kappa shape index (κ2) is 7.25.